The first kappa shape index (κ1) is 13.4. The van der Waals surface area contributed by atoms with Crippen molar-refractivity contribution < 1.29 is 9.90 Å². The molecule has 0 aliphatic heterocycles. The topological polar surface area (TPSA) is 63.3 Å². The molecule has 0 aromatic rings. The zero-order valence-electron chi connectivity index (χ0n) is 7.50. The maximum atomic E-state index is 10.0. The average molecular weight is 179 g/mol. The Labute approximate surface area is 72.4 Å². The molecule has 4 heteroatoms. The van der Waals surface area contributed by atoms with Gasteiger partial charge in [-0.05, 0) is 18.4 Å². The number of aliphatic carboxylic acids is 1. The Bertz CT molecular complexity index is 107. The molecule has 0 aliphatic carbocycles. The van der Waals surface area contributed by atoms with Crippen molar-refractivity contribution in [1.29, 1.82) is 0 Å². The zero-order valence-corrected chi connectivity index (χ0v) is 8.31. The second kappa shape index (κ2) is 7.88. The second-order valence-corrected chi connectivity index (χ2v) is 3.33. The van der Waals surface area contributed by atoms with Crippen molar-refractivity contribution in [2.75, 3.05) is 12.5 Å². The van der Waals surface area contributed by atoms with Gasteiger partial charge >= 0.3 is 5.97 Å². The summed E-state index contributed by atoms with van der Waals surface area (Å²) in [6, 6.07) is -0.713. The minimum absolute atomic E-state index is 0.0208. The molecule has 0 radical (unpaired) electrons. The van der Waals surface area contributed by atoms with Gasteiger partial charge in [0.2, 0.25) is 0 Å². The first-order valence-corrected chi connectivity index (χ1v) is 4.99. The Hall–Kier alpha value is -0.220. The molecule has 0 saturated carbocycles. The molecule has 0 saturated heterocycles. The van der Waals surface area contributed by atoms with E-state index in [4.69, 9.17) is 10.8 Å². The predicted octanol–water partition coefficient (Wildman–Crippen LogP) is 1.03. The number of rotatable bonds is 2. The lowest BCUT2D eigenvalue weighted by Crippen LogP contribution is -2.34. The van der Waals surface area contributed by atoms with E-state index in [9.17, 15) is 4.79 Å². The van der Waals surface area contributed by atoms with E-state index in [1.54, 1.807) is 25.6 Å². The van der Waals surface area contributed by atoms with Gasteiger partial charge in [-0.3, -0.25) is 4.79 Å². The summed E-state index contributed by atoms with van der Waals surface area (Å²) in [5, 5.41) is 8.23. The summed E-state index contributed by atoms with van der Waals surface area (Å²) in [6.07, 6.45) is 4.08. The highest BCUT2D eigenvalue weighted by molar-refractivity contribution is 7.97. The quantitative estimate of drug-likeness (QED) is 0.664. The van der Waals surface area contributed by atoms with Gasteiger partial charge in [0, 0.05) is 0 Å². The van der Waals surface area contributed by atoms with Crippen molar-refractivity contribution in [3.8, 4) is 0 Å². The number of hydrogen-bond donors (Lipinski definition) is 2. The molecular formula is C7H17NO2S. The van der Waals surface area contributed by atoms with Crippen molar-refractivity contribution in [3.63, 3.8) is 0 Å². The highest BCUT2D eigenvalue weighted by atomic mass is 32.2. The van der Waals surface area contributed by atoms with Gasteiger partial charge in [-0.15, -0.1) is 0 Å². The Morgan fingerprint density at radius 2 is 1.73 bits per heavy atom. The van der Waals surface area contributed by atoms with Crippen molar-refractivity contribution in [3.05, 3.63) is 0 Å². The van der Waals surface area contributed by atoms with E-state index in [-0.39, 0.29) is 5.92 Å². The van der Waals surface area contributed by atoms with E-state index in [1.807, 2.05) is 12.5 Å². The van der Waals surface area contributed by atoms with Crippen LogP contribution in [0.1, 0.15) is 13.8 Å². The van der Waals surface area contributed by atoms with Gasteiger partial charge < -0.3 is 10.8 Å². The van der Waals surface area contributed by atoms with Gasteiger partial charge in [-0.2, -0.15) is 11.8 Å². The molecule has 0 aromatic heterocycles. The third-order valence-corrected chi connectivity index (χ3v) is 1.00. The number of hydrogen-bond acceptors (Lipinski definition) is 3. The van der Waals surface area contributed by atoms with Crippen LogP contribution in [0.25, 0.3) is 0 Å². The van der Waals surface area contributed by atoms with E-state index in [0.717, 1.165) is 0 Å². The molecule has 11 heavy (non-hydrogen) atoms. The second-order valence-electron chi connectivity index (χ2n) is 2.52. The third kappa shape index (κ3) is 9.78. The Morgan fingerprint density at radius 1 is 1.45 bits per heavy atom. The van der Waals surface area contributed by atoms with Crippen LogP contribution in [0.5, 0.6) is 0 Å². The lowest BCUT2D eigenvalue weighted by Gasteiger charge is -2.07. The van der Waals surface area contributed by atoms with Gasteiger partial charge in [0.1, 0.15) is 6.04 Å². The van der Waals surface area contributed by atoms with Crippen LogP contribution < -0.4 is 5.73 Å². The molecule has 0 aromatic carbocycles. The van der Waals surface area contributed by atoms with Crippen LogP contribution >= 0.6 is 11.8 Å². The molecule has 1 atom stereocenters. The average Bonchev–Trinajstić information content (AvgIpc) is 1.87. The highest BCUT2D eigenvalue weighted by Crippen LogP contribution is 1.96. The van der Waals surface area contributed by atoms with Crippen LogP contribution in [0.15, 0.2) is 0 Å². The zero-order chi connectivity index (χ0) is 9.44. The molecule has 3 N–H and O–H groups in total. The van der Waals surface area contributed by atoms with Gasteiger partial charge in [0.15, 0.2) is 0 Å². The number of carboxylic acids is 1. The van der Waals surface area contributed by atoms with Crippen LogP contribution in [0, 0.1) is 5.92 Å². The maximum Gasteiger partial charge on any atom is 0.320 e. The molecule has 0 aliphatic rings. The predicted molar refractivity (Wildman–Crippen MR) is 49.9 cm³/mol. The molecule has 0 bridgehead atoms. The fourth-order valence-corrected chi connectivity index (χ4v) is 0.285. The Kier molecular flexibility index (Phi) is 9.58. The number of carbonyl (C=O) groups is 1. The Morgan fingerprint density at radius 3 is 1.73 bits per heavy atom. The lowest BCUT2D eigenvalue weighted by atomic mass is 10.1. The molecular weight excluding hydrogens is 162 g/mol. The van der Waals surface area contributed by atoms with Crippen LogP contribution in [0.2, 0.25) is 0 Å². The van der Waals surface area contributed by atoms with Crippen molar-refractivity contribution in [2.45, 2.75) is 19.9 Å². The minimum Gasteiger partial charge on any atom is -0.480 e. The van der Waals surface area contributed by atoms with Crippen LogP contribution in [-0.4, -0.2) is 29.6 Å². The standard InChI is InChI=1S/C5H11NO2.C2H6S/c1-3(2)4(6)5(7)8;1-3-2/h3-4H,6H2,1-2H3,(H,7,8);1-2H3/t4-;/m0./s1. The summed E-state index contributed by atoms with van der Waals surface area (Å²) in [5.41, 5.74) is 5.16. The smallest absolute Gasteiger partial charge is 0.320 e. The lowest BCUT2D eigenvalue weighted by molar-refractivity contribution is -0.139. The maximum absolute atomic E-state index is 10.0. The summed E-state index contributed by atoms with van der Waals surface area (Å²) in [5.74, 6) is -0.910. The molecule has 0 heterocycles. The monoisotopic (exact) mass is 179 g/mol. The summed E-state index contributed by atoms with van der Waals surface area (Å²) in [6.45, 7) is 3.55. The number of nitrogens with two attached hydrogens (primary N) is 1. The fourth-order valence-electron chi connectivity index (χ4n) is 0.285. The molecule has 0 rings (SSSR count). The van der Waals surface area contributed by atoms with Crippen molar-refractivity contribution in [1.82, 2.24) is 0 Å². The van der Waals surface area contributed by atoms with Crippen LogP contribution in [0.3, 0.4) is 0 Å². The van der Waals surface area contributed by atoms with Gasteiger partial charge in [0.25, 0.3) is 0 Å². The van der Waals surface area contributed by atoms with E-state index >= 15 is 0 Å². The van der Waals surface area contributed by atoms with Gasteiger partial charge in [0.05, 0.1) is 0 Å². The molecule has 0 spiro atoms. The van der Waals surface area contributed by atoms with Gasteiger partial charge in [-0.25, -0.2) is 0 Å². The van der Waals surface area contributed by atoms with Crippen LogP contribution in [0.4, 0.5) is 0 Å². The molecule has 0 amide bonds. The minimum atomic E-state index is -0.931. The third-order valence-electron chi connectivity index (χ3n) is 1.00. The summed E-state index contributed by atoms with van der Waals surface area (Å²) in [4.78, 5) is 10.0. The molecule has 68 valence electrons. The van der Waals surface area contributed by atoms with Crippen molar-refractivity contribution in [2.24, 2.45) is 11.7 Å². The molecule has 0 unspecified atom stereocenters. The van der Waals surface area contributed by atoms with E-state index in [2.05, 4.69) is 0 Å². The van der Waals surface area contributed by atoms with E-state index < -0.39 is 12.0 Å². The largest absolute Gasteiger partial charge is 0.480 e. The summed E-state index contributed by atoms with van der Waals surface area (Å²) < 4.78 is 0. The van der Waals surface area contributed by atoms with Crippen molar-refractivity contribution >= 4 is 17.7 Å². The molecule has 0 fully saturated rings. The Balaban J connectivity index is 0. The summed E-state index contributed by atoms with van der Waals surface area (Å²) >= 11 is 1.75. The number of thioether (sulfide) groups is 1. The first-order chi connectivity index (χ1) is 4.97. The van der Waals surface area contributed by atoms with Gasteiger partial charge in [-0.1, -0.05) is 13.8 Å². The SMILES string of the molecule is CC(C)[C@H](N)C(=O)O.CSC. The molecule has 3 nitrogen and oxygen atoms in total. The normalized spacial score (nSPS) is 11.8. The highest BCUT2D eigenvalue weighted by Gasteiger charge is 2.14. The number of carboxylic acid groups (broad SMARTS) is 1. The first-order valence-electron chi connectivity index (χ1n) is 3.35. The van der Waals surface area contributed by atoms with Crippen LogP contribution in [-0.2, 0) is 4.79 Å². The van der Waals surface area contributed by atoms with E-state index in [1.165, 1.54) is 0 Å². The fraction of sp³-hybridized carbons (Fsp3) is 0.857. The summed E-state index contributed by atoms with van der Waals surface area (Å²) in [7, 11) is 0. The van der Waals surface area contributed by atoms with E-state index in [0.29, 0.717) is 0 Å².